The second-order valence-corrected chi connectivity index (χ2v) is 6.83. The summed E-state index contributed by atoms with van der Waals surface area (Å²) in [4.78, 5) is 14.8. The van der Waals surface area contributed by atoms with Gasteiger partial charge >= 0.3 is 0 Å². The molecule has 110 valence electrons. The molecule has 2 aliphatic rings. The largest absolute Gasteiger partial charge is 0.323 e. The predicted molar refractivity (Wildman–Crippen MR) is 78.7 cm³/mol. The van der Waals surface area contributed by atoms with Crippen LogP contribution in [0.25, 0.3) is 0 Å². The van der Waals surface area contributed by atoms with Gasteiger partial charge in [0, 0.05) is 6.04 Å². The SMILES string of the molecule is CCCCC1NC(CC(C)C)N(C(C)C2CC2)C1=O. The number of carbonyl (C=O) groups excluding carboxylic acids is 1. The van der Waals surface area contributed by atoms with Crippen LogP contribution in [0.3, 0.4) is 0 Å². The van der Waals surface area contributed by atoms with Crippen LogP contribution in [-0.4, -0.2) is 29.1 Å². The molecule has 3 atom stereocenters. The maximum Gasteiger partial charge on any atom is 0.241 e. The van der Waals surface area contributed by atoms with Crippen LogP contribution >= 0.6 is 0 Å². The second kappa shape index (κ2) is 6.25. The molecule has 3 heteroatoms. The van der Waals surface area contributed by atoms with Gasteiger partial charge in [0.1, 0.15) is 0 Å². The summed E-state index contributed by atoms with van der Waals surface area (Å²) >= 11 is 0. The monoisotopic (exact) mass is 266 g/mol. The van der Waals surface area contributed by atoms with Crippen LogP contribution in [0.2, 0.25) is 0 Å². The van der Waals surface area contributed by atoms with E-state index in [1.165, 1.54) is 19.3 Å². The number of amides is 1. The highest BCUT2D eigenvalue weighted by atomic mass is 16.2. The Bertz CT molecular complexity index is 312. The minimum Gasteiger partial charge on any atom is -0.323 e. The van der Waals surface area contributed by atoms with Gasteiger partial charge in [-0.25, -0.2) is 0 Å². The zero-order valence-electron chi connectivity index (χ0n) is 13.0. The maximum atomic E-state index is 12.6. The van der Waals surface area contributed by atoms with Crippen LogP contribution < -0.4 is 5.32 Å². The van der Waals surface area contributed by atoms with E-state index >= 15 is 0 Å². The Morgan fingerprint density at radius 2 is 2.00 bits per heavy atom. The minimum atomic E-state index is 0.0740. The molecule has 1 aliphatic heterocycles. The minimum absolute atomic E-state index is 0.0740. The van der Waals surface area contributed by atoms with Gasteiger partial charge in [0.05, 0.1) is 12.2 Å². The van der Waals surface area contributed by atoms with E-state index in [0.29, 0.717) is 17.9 Å². The molecule has 0 radical (unpaired) electrons. The van der Waals surface area contributed by atoms with Crippen molar-refractivity contribution in [3.63, 3.8) is 0 Å². The fourth-order valence-electron chi connectivity index (χ4n) is 3.25. The molecule has 2 fully saturated rings. The summed E-state index contributed by atoms with van der Waals surface area (Å²) in [6, 6.07) is 0.500. The Morgan fingerprint density at radius 3 is 2.53 bits per heavy atom. The molecular weight excluding hydrogens is 236 g/mol. The van der Waals surface area contributed by atoms with Crippen molar-refractivity contribution in [3.05, 3.63) is 0 Å². The number of hydrogen-bond acceptors (Lipinski definition) is 2. The van der Waals surface area contributed by atoms with E-state index in [1.807, 2.05) is 0 Å². The van der Waals surface area contributed by atoms with Crippen molar-refractivity contribution in [3.8, 4) is 0 Å². The van der Waals surface area contributed by atoms with Crippen LogP contribution in [0.15, 0.2) is 0 Å². The van der Waals surface area contributed by atoms with Gasteiger partial charge in [0.2, 0.25) is 5.91 Å². The van der Waals surface area contributed by atoms with Gasteiger partial charge in [-0.1, -0.05) is 33.6 Å². The lowest BCUT2D eigenvalue weighted by atomic mass is 10.1. The molecule has 3 nitrogen and oxygen atoms in total. The quantitative estimate of drug-likeness (QED) is 0.768. The molecule has 0 aromatic heterocycles. The molecule has 1 aliphatic carbocycles. The summed E-state index contributed by atoms with van der Waals surface area (Å²) in [6.45, 7) is 8.92. The van der Waals surface area contributed by atoms with Crippen molar-refractivity contribution in [2.45, 2.75) is 84.5 Å². The van der Waals surface area contributed by atoms with Crippen molar-refractivity contribution in [2.24, 2.45) is 11.8 Å². The topological polar surface area (TPSA) is 32.3 Å². The predicted octanol–water partition coefficient (Wildman–Crippen LogP) is 3.15. The highest BCUT2D eigenvalue weighted by Gasteiger charge is 2.44. The van der Waals surface area contributed by atoms with Gasteiger partial charge < -0.3 is 4.90 Å². The molecule has 3 unspecified atom stereocenters. The van der Waals surface area contributed by atoms with Crippen molar-refractivity contribution in [1.82, 2.24) is 10.2 Å². The summed E-state index contributed by atoms with van der Waals surface area (Å²) in [5, 5.41) is 3.60. The summed E-state index contributed by atoms with van der Waals surface area (Å²) in [5.74, 6) is 1.74. The van der Waals surface area contributed by atoms with E-state index in [2.05, 4.69) is 37.9 Å². The van der Waals surface area contributed by atoms with Gasteiger partial charge in [-0.2, -0.15) is 0 Å². The lowest BCUT2D eigenvalue weighted by molar-refractivity contribution is -0.132. The highest BCUT2D eigenvalue weighted by Crippen LogP contribution is 2.37. The van der Waals surface area contributed by atoms with Crippen LogP contribution in [-0.2, 0) is 4.79 Å². The van der Waals surface area contributed by atoms with Gasteiger partial charge in [-0.15, -0.1) is 0 Å². The van der Waals surface area contributed by atoms with Crippen molar-refractivity contribution in [1.29, 1.82) is 0 Å². The van der Waals surface area contributed by atoms with E-state index in [4.69, 9.17) is 0 Å². The Labute approximate surface area is 118 Å². The number of nitrogens with one attached hydrogen (secondary N) is 1. The molecule has 1 saturated carbocycles. The van der Waals surface area contributed by atoms with Crippen LogP contribution in [0.5, 0.6) is 0 Å². The Morgan fingerprint density at radius 1 is 1.32 bits per heavy atom. The highest BCUT2D eigenvalue weighted by molar-refractivity contribution is 5.84. The molecule has 2 rings (SSSR count). The molecule has 1 saturated heterocycles. The Balaban J connectivity index is 2.03. The molecule has 0 bridgehead atoms. The summed E-state index contributed by atoms with van der Waals surface area (Å²) < 4.78 is 0. The van der Waals surface area contributed by atoms with E-state index in [9.17, 15) is 4.79 Å². The zero-order chi connectivity index (χ0) is 14.0. The average molecular weight is 266 g/mol. The third-order valence-corrected chi connectivity index (χ3v) is 4.57. The van der Waals surface area contributed by atoms with E-state index in [0.717, 1.165) is 25.2 Å². The number of nitrogens with zero attached hydrogens (tertiary/aromatic N) is 1. The first-order chi connectivity index (χ1) is 9.04. The maximum absolute atomic E-state index is 12.6. The first kappa shape index (κ1) is 14.8. The zero-order valence-corrected chi connectivity index (χ0v) is 13.0. The van der Waals surface area contributed by atoms with Crippen LogP contribution in [0.4, 0.5) is 0 Å². The van der Waals surface area contributed by atoms with Crippen LogP contribution in [0.1, 0.15) is 66.2 Å². The van der Waals surface area contributed by atoms with Gasteiger partial charge in [0.15, 0.2) is 0 Å². The molecule has 1 N–H and O–H groups in total. The van der Waals surface area contributed by atoms with Gasteiger partial charge in [-0.05, 0) is 44.4 Å². The molecule has 0 aromatic carbocycles. The van der Waals surface area contributed by atoms with Gasteiger partial charge in [-0.3, -0.25) is 10.1 Å². The van der Waals surface area contributed by atoms with Crippen LogP contribution in [0, 0.1) is 11.8 Å². The van der Waals surface area contributed by atoms with E-state index in [1.54, 1.807) is 0 Å². The fraction of sp³-hybridized carbons (Fsp3) is 0.938. The molecule has 0 aromatic rings. The standard InChI is InChI=1S/C16H30N2O/c1-5-6-7-14-16(19)18(12(4)13-8-9-13)15(17-14)10-11(2)3/h11-15,17H,5-10H2,1-4H3. The normalized spacial score (nSPS) is 29.3. The Hall–Kier alpha value is -0.570. The number of carbonyl (C=O) groups is 1. The summed E-state index contributed by atoms with van der Waals surface area (Å²) in [5.41, 5.74) is 0. The summed E-state index contributed by atoms with van der Waals surface area (Å²) in [7, 11) is 0. The first-order valence-electron chi connectivity index (χ1n) is 8.12. The molecule has 19 heavy (non-hydrogen) atoms. The van der Waals surface area contributed by atoms with E-state index in [-0.39, 0.29) is 12.2 Å². The first-order valence-corrected chi connectivity index (χ1v) is 8.12. The third-order valence-electron chi connectivity index (χ3n) is 4.57. The lowest BCUT2D eigenvalue weighted by Crippen LogP contribution is -2.44. The van der Waals surface area contributed by atoms with Crippen molar-refractivity contribution in [2.75, 3.05) is 0 Å². The molecular formula is C16H30N2O. The fourth-order valence-corrected chi connectivity index (χ4v) is 3.25. The molecule has 1 amide bonds. The second-order valence-electron chi connectivity index (χ2n) is 6.83. The lowest BCUT2D eigenvalue weighted by Gasteiger charge is -2.31. The van der Waals surface area contributed by atoms with Crippen molar-refractivity contribution >= 4 is 5.91 Å². The molecule has 1 heterocycles. The van der Waals surface area contributed by atoms with Gasteiger partial charge in [0.25, 0.3) is 0 Å². The van der Waals surface area contributed by atoms with Crippen molar-refractivity contribution < 1.29 is 4.79 Å². The number of rotatable bonds is 7. The average Bonchev–Trinajstić information content (AvgIpc) is 3.13. The number of unbranched alkanes of at least 4 members (excludes halogenated alkanes) is 1. The molecule has 0 spiro atoms. The Kier molecular flexibility index (Phi) is 4.88. The smallest absolute Gasteiger partial charge is 0.241 e. The number of hydrogen-bond donors (Lipinski definition) is 1. The summed E-state index contributed by atoms with van der Waals surface area (Å²) in [6.07, 6.45) is 7.26. The third kappa shape index (κ3) is 3.50. The van der Waals surface area contributed by atoms with E-state index < -0.39 is 0 Å².